The maximum atomic E-state index is 13.5. The average Bonchev–Trinajstić information content (AvgIpc) is 2.77. The average molecular weight is 430 g/mol. The number of aliphatic imine (C=N–C) groups is 1. The number of hydrogen-bond acceptors (Lipinski definition) is 3. The number of allylic oxidation sites excluding steroid dienone is 2. The van der Waals surface area contributed by atoms with E-state index in [4.69, 9.17) is 16.6 Å². The number of benzene rings is 1. The number of nitrogens with zero attached hydrogens (tertiary/aromatic N) is 3. The van der Waals surface area contributed by atoms with Gasteiger partial charge in [-0.1, -0.05) is 42.8 Å². The molecule has 30 heavy (non-hydrogen) atoms. The van der Waals surface area contributed by atoms with Gasteiger partial charge in [-0.05, 0) is 44.4 Å². The van der Waals surface area contributed by atoms with Gasteiger partial charge in [-0.2, -0.15) is 0 Å². The molecule has 2 aliphatic heterocycles. The van der Waals surface area contributed by atoms with Crippen LogP contribution in [0.3, 0.4) is 0 Å². The molecule has 5 nitrogen and oxygen atoms in total. The van der Waals surface area contributed by atoms with Crippen LogP contribution in [0, 0.1) is 5.92 Å². The molecule has 0 spiro atoms. The van der Waals surface area contributed by atoms with Gasteiger partial charge in [0.2, 0.25) is 5.91 Å². The Hall–Kier alpha value is -2.14. The lowest BCUT2D eigenvalue weighted by atomic mass is 9.93. The second-order valence-corrected chi connectivity index (χ2v) is 9.43. The summed E-state index contributed by atoms with van der Waals surface area (Å²) in [6, 6.07) is 7.95. The summed E-state index contributed by atoms with van der Waals surface area (Å²) in [7, 11) is 0. The molecule has 1 aromatic rings. The maximum Gasteiger partial charge on any atom is 0.268 e. The quantitative estimate of drug-likeness (QED) is 0.657. The van der Waals surface area contributed by atoms with Crippen molar-refractivity contribution in [2.24, 2.45) is 10.9 Å². The van der Waals surface area contributed by atoms with Crippen LogP contribution >= 0.6 is 11.6 Å². The molecule has 2 atom stereocenters. The van der Waals surface area contributed by atoms with E-state index in [2.05, 4.69) is 25.1 Å². The first kappa shape index (κ1) is 22.5. The standard InChI is InChI=1S/C24H32ClN3O2/c1-17-7-5-8-19(20-9-6-10-21(25)15-20)11-12-26-22(17)23(30)28-14-13-27(18(2)29)16-24(28,3)4/h5-6,8-10,15,17,19H,7,11-14,16H2,1-4H3. The third-order valence-corrected chi connectivity index (χ3v) is 6.37. The predicted molar refractivity (Wildman–Crippen MR) is 122 cm³/mol. The normalized spacial score (nSPS) is 24.5. The molecule has 0 aliphatic carbocycles. The van der Waals surface area contributed by atoms with E-state index in [9.17, 15) is 9.59 Å². The summed E-state index contributed by atoms with van der Waals surface area (Å²) in [5.74, 6) is 0.351. The largest absolute Gasteiger partial charge is 0.339 e. The Kier molecular flexibility index (Phi) is 7.02. The lowest BCUT2D eigenvalue weighted by Gasteiger charge is -2.47. The van der Waals surface area contributed by atoms with E-state index in [1.54, 1.807) is 6.92 Å². The molecule has 0 N–H and O–H groups in total. The summed E-state index contributed by atoms with van der Waals surface area (Å²) in [6.07, 6.45) is 6.00. The fourth-order valence-corrected chi connectivity index (χ4v) is 4.57. The highest BCUT2D eigenvalue weighted by Crippen LogP contribution is 2.27. The van der Waals surface area contributed by atoms with Crippen molar-refractivity contribution >= 4 is 29.1 Å². The first-order valence-electron chi connectivity index (χ1n) is 10.7. The summed E-state index contributed by atoms with van der Waals surface area (Å²) >= 11 is 6.17. The molecule has 3 rings (SSSR count). The highest BCUT2D eigenvalue weighted by molar-refractivity contribution is 6.39. The first-order valence-corrected chi connectivity index (χ1v) is 11.1. The zero-order valence-electron chi connectivity index (χ0n) is 18.4. The van der Waals surface area contributed by atoms with Gasteiger partial charge in [0.05, 0.1) is 5.54 Å². The van der Waals surface area contributed by atoms with Crippen molar-refractivity contribution in [3.05, 3.63) is 47.0 Å². The zero-order chi connectivity index (χ0) is 21.9. The Morgan fingerprint density at radius 3 is 2.67 bits per heavy atom. The highest BCUT2D eigenvalue weighted by atomic mass is 35.5. The lowest BCUT2D eigenvalue weighted by molar-refractivity contribution is -0.142. The van der Waals surface area contributed by atoms with Gasteiger partial charge >= 0.3 is 0 Å². The molecule has 2 amide bonds. The van der Waals surface area contributed by atoms with Crippen LogP contribution < -0.4 is 0 Å². The Morgan fingerprint density at radius 1 is 1.23 bits per heavy atom. The van der Waals surface area contributed by atoms with Crippen molar-refractivity contribution in [2.45, 2.75) is 52.0 Å². The fraction of sp³-hybridized carbons (Fsp3) is 0.542. The minimum Gasteiger partial charge on any atom is -0.339 e. The third-order valence-electron chi connectivity index (χ3n) is 6.14. The van der Waals surface area contributed by atoms with Crippen molar-refractivity contribution < 1.29 is 9.59 Å². The number of rotatable bonds is 2. The molecule has 2 unspecified atom stereocenters. The molecular formula is C24H32ClN3O2. The smallest absolute Gasteiger partial charge is 0.268 e. The molecule has 0 saturated carbocycles. The second kappa shape index (κ2) is 9.34. The van der Waals surface area contributed by atoms with Crippen molar-refractivity contribution in [3.63, 3.8) is 0 Å². The van der Waals surface area contributed by atoms with Crippen molar-refractivity contribution in [1.82, 2.24) is 9.80 Å². The number of carbonyl (C=O) groups is 2. The van der Waals surface area contributed by atoms with Crippen LogP contribution in [-0.2, 0) is 9.59 Å². The molecule has 2 heterocycles. The molecule has 2 aliphatic rings. The maximum absolute atomic E-state index is 13.5. The van der Waals surface area contributed by atoms with Crippen LogP contribution in [0.1, 0.15) is 52.0 Å². The summed E-state index contributed by atoms with van der Waals surface area (Å²) < 4.78 is 0. The van der Waals surface area contributed by atoms with Crippen LogP contribution in [0.2, 0.25) is 5.02 Å². The predicted octanol–water partition coefficient (Wildman–Crippen LogP) is 4.32. The molecule has 1 fully saturated rings. The summed E-state index contributed by atoms with van der Waals surface area (Å²) in [6.45, 7) is 9.96. The van der Waals surface area contributed by atoms with E-state index in [0.29, 0.717) is 31.9 Å². The van der Waals surface area contributed by atoms with E-state index < -0.39 is 5.54 Å². The lowest BCUT2D eigenvalue weighted by Crippen LogP contribution is -2.63. The molecule has 0 radical (unpaired) electrons. The fourth-order valence-electron chi connectivity index (χ4n) is 4.37. The second-order valence-electron chi connectivity index (χ2n) is 8.99. The van der Waals surface area contributed by atoms with E-state index in [0.717, 1.165) is 17.9 Å². The number of piperazine rings is 1. The Balaban J connectivity index is 1.77. The summed E-state index contributed by atoms with van der Waals surface area (Å²) in [4.78, 5) is 33.8. The van der Waals surface area contributed by atoms with E-state index in [1.165, 1.54) is 5.56 Å². The van der Waals surface area contributed by atoms with Crippen LogP contribution in [0.5, 0.6) is 0 Å². The van der Waals surface area contributed by atoms with E-state index in [-0.39, 0.29) is 23.7 Å². The molecule has 6 heteroatoms. The van der Waals surface area contributed by atoms with Crippen LogP contribution in [0.4, 0.5) is 0 Å². The van der Waals surface area contributed by atoms with Crippen LogP contribution in [0.15, 0.2) is 41.4 Å². The minimum absolute atomic E-state index is 0.00491. The number of halogens is 1. The summed E-state index contributed by atoms with van der Waals surface area (Å²) in [5, 5.41) is 0.737. The topological polar surface area (TPSA) is 53.0 Å². The first-order chi connectivity index (χ1) is 14.2. The van der Waals surface area contributed by atoms with Gasteiger partial charge in [0.25, 0.3) is 5.91 Å². The zero-order valence-corrected chi connectivity index (χ0v) is 19.2. The van der Waals surface area contributed by atoms with Gasteiger partial charge in [0, 0.05) is 50.0 Å². The highest BCUT2D eigenvalue weighted by Gasteiger charge is 2.39. The van der Waals surface area contributed by atoms with Gasteiger partial charge in [-0.15, -0.1) is 0 Å². The van der Waals surface area contributed by atoms with Crippen LogP contribution in [-0.4, -0.2) is 59.0 Å². The molecular weight excluding hydrogens is 398 g/mol. The van der Waals surface area contributed by atoms with Gasteiger partial charge in [-0.3, -0.25) is 14.6 Å². The molecule has 162 valence electrons. The third kappa shape index (κ3) is 5.12. The monoisotopic (exact) mass is 429 g/mol. The van der Waals surface area contributed by atoms with E-state index in [1.807, 2.05) is 41.8 Å². The molecule has 1 aromatic carbocycles. The molecule has 1 saturated heterocycles. The van der Waals surface area contributed by atoms with Crippen molar-refractivity contribution in [1.29, 1.82) is 0 Å². The van der Waals surface area contributed by atoms with Gasteiger partial charge in [-0.25, -0.2) is 0 Å². The van der Waals surface area contributed by atoms with Gasteiger partial charge in [0.15, 0.2) is 0 Å². The van der Waals surface area contributed by atoms with Crippen molar-refractivity contribution in [3.8, 4) is 0 Å². The van der Waals surface area contributed by atoms with E-state index >= 15 is 0 Å². The Bertz CT molecular complexity index is 862. The molecule has 0 bridgehead atoms. The SMILES string of the molecule is CC(=O)N1CCN(C(=O)C2=NCCC(c3cccc(Cl)c3)C=CCC2C)C(C)(C)C1. The Labute approximate surface area is 184 Å². The summed E-state index contributed by atoms with van der Waals surface area (Å²) in [5.41, 5.74) is 1.41. The van der Waals surface area contributed by atoms with Crippen LogP contribution in [0.25, 0.3) is 0 Å². The number of amides is 2. The minimum atomic E-state index is -0.416. The Morgan fingerprint density at radius 2 is 2.00 bits per heavy atom. The number of hydrogen-bond donors (Lipinski definition) is 0. The van der Waals surface area contributed by atoms with Gasteiger partial charge in [0.1, 0.15) is 5.71 Å². The molecule has 0 aromatic heterocycles. The van der Waals surface area contributed by atoms with Crippen molar-refractivity contribution in [2.75, 3.05) is 26.2 Å². The van der Waals surface area contributed by atoms with Gasteiger partial charge < -0.3 is 9.80 Å². The number of carbonyl (C=O) groups excluding carboxylic acids is 2.